The van der Waals surface area contributed by atoms with Crippen LogP contribution in [0.5, 0.6) is 11.6 Å². The molecule has 0 aliphatic carbocycles. The molecule has 0 unspecified atom stereocenters. The van der Waals surface area contributed by atoms with Gasteiger partial charge in [-0.3, -0.25) is 0 Å². The maximum Gasteiger partial charge on any atom is 0.224 e. The van der Waals surface area contributed by atoms with E-state index in [1.165, 1.54) is 0 Å². The molecular formula is C14H16BrN3O2. The predicted octanol–water partition coefficient (Wildman–Crippen LogP) is 3.53. The first kappa shape index (κ1) is 14.7. The van der Waals surface area contributed by atoms with Crippen molar-refractivity contribution in [2.75, 3.05) is 19.5 Å². The number of halogens is 1. The number of hydrogen-bond donors (Lipinski definition) is 1. The molecule has 1 N–H and O–H groups in total. The van der Waals surface area contributed by atoms with Crippen LogP contribution in [0, 0.1) is 6.92 Å². The maximum absolute atomic E-state index is 5.80. The molecule has 106 valence electrons. The molecule has 6 heteroatoms. The molecule has 0 radical (unpaired) electrons. The lowest BCUT2D eigenvalue weighted by molar-refractivity contribution is 0.177. The highest BCUT2D eigenvalue weighted by Crippen LogP contribution is 2.30. The molecule has 2 aromatic rings. The summed E-state index contributed by atoms with van der Waals surface area (Å²) in [5.74, 6) is 2.43. The zero-order valence-electron chi connectivity index (χ0n) is 11.6. The summed E-state index contributed by atoms with van der Waals surface area (Å²) in [6.07, 6.45) is 0. The molecule has 5 nitrogen and oxygen atoms in total. The second kappa shape index (κ2) is 6.67. The van der Waals surface area contributed by atoms with Gasteiger partial charge in [0, 0.05) is 20.2 Å². The molecule has 1 aromatic carbocycles. The van der Waals surface area contributed by atoms with Crippen LogP contribution < -0.4 is 10.1 Å². The minimum Gasteiger partial charge on any atom is -0.438 e. The van der Waals surface area contributed by atoms with Crippen LogP contribution in [0.4, 0.5) is 5.82 Å². The van der Waals surface area contributed by atoms with Gasteiger partial charge in [0.25, 0.3) is 0 Å². The maximum atomic E-state index is 5.80. The van der Waals surface area contributed by atoms with Crippen LogP contribution in [0.1, 0.15) is 11.4 Å². The highest BCUT2D eigenvalue weighted by Gasteiger charge is 2.08. The quantitative estimate of drug-likeness (QED) is 0.904. The Morgan fingerprint density at radius 3 is 2.70 bits per heavy atom. The third-order valence-electron chi connectivity index (χ3n) is 2.58. The molecule has 0 saturated heterocycles. The molecule has 0 spiro atoms. The van der Waals surface area contributed by atoms with Crippen LogP contribution in [0.15, 0.2) is 28.7 Å². The van der Waals surface area contributed by atoms with Crippen molar-refractivity contribution in [2.24, 2.45) is 0 Å². The van der Waals surface area contributed by atoms with Gasteiger partial charge in [0.1, 0.15) is 18.2 Å². The Balaban J connectivity index is 2.29. The molecule has 0 aliphatic heterocycles. The lowest BCUT2D eigenvalue weighted by atomic mass is 10.2. The third-order valence-corrected chi connectivity index (χ3v) is 3.20. The number of ether oxygens (including phenoxy) is 2. The van der Waals surface area contributed by atoms with E-state index in [0.717, 1.165) is 10.0 Å². The van der Waals surface area contributed by atoms with Gasteiger partial charge < -0.3 is 14.8 Å². The summed E-state index contributed by atoms with van der Waals surface area (Å²) in [7, 11) is 3.40. The first-order chi connectivity index (χ1) is 9.62. The van der Waals surface area contributed by atoms with Gasteiger partial charge in [-0.05, 0) is 40.5 Å². The summed E-state index contributed by atoms with van der Waals surface area (Å²) in [6, 6.07) is 7.62. The van der Waals surface area contributed by atoms with E-state index in [1.807, 2.05) is 25.1 Å². The lowest BCUT2D eigenvalue weighted by Crippen LogP contribution is -2.03. The molecular weight excluding hydrogens is 322 g/mol. The minimum absolute atomic E-state index is 0.334. The number of methoxy groups -OCH3 is 1. The number of nitrogens with one attached hydrogen (secondary N) is 1. The summed E-state index contributed by atoms with van der Waals surface area (Å²) in [4.78, 5) is 8.59. The van der Waals surface area contributed by atoms with Crippen molar-refractivity contribution < 1.29 is 9.47 Å². The van der Waals surface area contributed by atoms with Crippen molar-refractivity contribution in [3.05, 3.63) is 40.1 Å². The Kier molecular flexibility index (Phi) is 4.92. The van der Waals surface area contributed by atoms with E-state index in [0.29, 0.717) is 29.9 Å². The zero-order valence-corrected chi connectivity index (χ0v) is 13.2. The second-order valence-electron chi connectivity index (χ2n) is 4.23. The normalized spacial score (nSPS) is 10.4. The van der Waals surface area contributed by atoms with Gasteiger partial charge in [-0.15, -0.1) is 0 Å². The van der Waals surface area contributed by atoms with E-state index in [4.69, 9.17) is 9.47 Å². The largest absolute Gasteiger partial charge is 0.438 e. The summed E-state index contributed by atoms with van der Waals surface area (Å²) >= 11 is 3.48. The van der Waals surface area contributed by atoms with E-state index in [9.17, 15) is 0 Å². The van der Waals surface area contributed by atoms with Crippen molar-refractivity contribution in [2.45, 2.75) is 13.5 Å². The first-order valence-corrected chi connectivity index (χ1v) is 6.90. The number of aromatic nitrogens is 2. The van der Waals surface area contributed by atoms with Crippen molar-refractivity contribution in [3.8, 4) is 11.6 Å². The third kappa shape index (κ3) is 3.68. The molecule has 20 heavy (non-hydrogen) atoms. The average molecular weight is 338 g/mol. The van der Waals surface area contributed by atoms with Gasteiger partial charge in [-0.1, -0.05) is 6.07 Å². The standard InChI is InChI=1S/C14H16BrN3O2/c1-9-4-5-11(10(15)6-9)20-14-7-12(16-2)17-13(18-14)8-19-3/h4-7H,8H2,1-3H3,(H,16,17,18). The van der Waals surface area contributed by atoms with Crippen molar-refractivity contribution in [3.63, 3.8) is 0 Å². The Hall–Kier alpha value is -1.66. The van der Waals surface area contributed by atoms with Crippen LogP contribution >= 0.6 is 15.9 Å². The molecule has 0 bridgehead atoms. The van der Waals surface area contributed by atoms with E-state index >= 15 is 0 Å². The fraction of sp³-hybridized carbons (Fsp3) is 0.286. The lowest BCUT2D eigenvalue weighted by Gasteiger charge is -2.10. The molecule has 0 atom stereocenters. The molecule has 0 saturated carbocycles. The monoisotopic (exact) mass is 337 g/mol. The van der Waals surface area contributed by atoms with Crippen LogP contribution in [-0.4, -0.2) is 24.1 Å². The molecule has 0 amide bonds. The molecule has 2 rings (SSSR count). The fourth-order valence-electron chi connectivity index (χ4n) is 1.65. The van der Waals surface area contributed by atoms with Gasteiger partial charge in [-0.25, -0.2) is 4.98 Å². The summed E-state index contributed by atoms with van der Waals surface area (Å²) < 4.78 is 11.7. The van der Waals surface area contributed by atoms with Crippen LogP contribution in [0.2, 0.25) is 0 Å². The van der Waals surface area contributed by atoms with Crippen LogP contribution in [0.3, 0.4) is 0 Å². The molecule has 1 aromatic heterocycles. The Bertz CT molecular complexity index is 605. The summed E-state index contributed by atoms with van der Waals surface area (Å²) in [5.41, 5.74) is 1.16. The smallest absolute Gasteiger partial charge is 0.224 e. The van der Waals surface area contributed by atoms with Gasteiger partial charge in [-0.2, -0.15) is 4.98 Å². The Morgan fingerprint density at radius 1 is 1.25 bits per heavy atom. The molecule has 0 fully saturated rings. The van der Waals surface area contributed by atoms with E-state index < -0.39 is 0 Å². The van der Waals surface area contributed by atoms with Crippen LogP contribution in [0.25, 0.3) is 0 Å². The highest BCUT2D eigenvalue weighted by molar-refractivity contribution is 9.10. The van der Waals surface area contributed by atoms with Gasteiger partial charge in [0.15, 0.2) is 5.82 Å². The van der Waals surface area contributed by atoms with Gasteiger partial charge in [0.05, 0.1) is 4.47 Å². The number of nitrogens with zero attached hydrogens (tertiary/aromatic N) is 2. The number of rotatable bonds is 5. The SMILES string of the molecule is CNc1cc(Oc2ccc(C)cc2Br)nc(COC)n1. The predicted molar refractivity (Wildman–Crippen MR) is 81.2 cm³/mol. The minimum atomic E-state index is 0.334. The van der Waals surface area contributed by atoms with Gasteiger partial charge >= 0.3 is 0 Å². The fourth-order valence-corrected chi connectivity index (χ4v) is 2.22. The number of aryl methyl sites for hydroxylation is 1. The van der Waals surface area contributed by atoms with Crippen molar-refractivity contribution in [1.29, 1.82) is 0 Å². The topological polar surface area (TPSA) is 56.3 Å². The zero-order chi connectivity index (χ0) is 14.5. The van der Waals surface area contributed by atoms with Gasteiger partial charge in [0.2, 0.25) is 5.88 Å². The molecule has 1 heterocycles. The first-order valence-electron chi connectivity index (χ1n) is 6.11. The van der Waals surface area contributed by atoms with Crippen LogP contribution in [-0.2, 0) is 11.3 Å². The van der Waals surface area contributed by atoms with E-state index in [-0.39, 0.29) is 0 Å². The summed E-state index contributed by atoms with van der Waals surface area (Å²) in [6.45, 7) is 2.36. The molecule has 0 aliphatic rings. The van der Waals surface area contributed by atoms with Crippen molar-refractivity contribution >= 4 is 21.7 Å². The Labute approximate surface area is 126 Å². The average Bonchev–Trinajstić information content (AvgIpc) is 2.42. The van der Waals surface area contributed by atoms with E-state index in [2.05, 4.69) is 31.2 Å². The number of hydrogen-bond acceptors (Lipinski definition) is 5. The highest BCUT2D eigenvalue weighted by atomic mass is 79.9. The van der Waals surface area contributed by atoms with E-state index in [1.54, 1.807) is 20.2 Å². The Morgan fingerprint density at radius 2 is 2.05 bits per heavy atom. The second-order valence-corrected chi connectivity index (χ2v) is 5.08. The number of benzene rings is 1. The summed E-state index contributed by atoms with van der Waals surface area (Å²) in [5, 5.41) is 2.98. The van der Waals surface area contributed by atoms with Crippen molar-refractivity contribution in [1.82, 2.24) is 9.97 Å². The number of anilines is 1.